The van der Waals surface area contributed by atoms with Crippen LogP contribution in [0.3, 0.4) is 0 Å². The number of amides is 1. The molecular weight excluding hydrogens is 762 g/mol. The van der Waals surface area contributed by atoms with E-state index in [4.69, 9.17) is 18.9 Å². The van der Waals surface area contributed by atoms with Crippen molar-refractivity contribution >= 4 is 5.91 Å². The molecular formula is C45H85NO13. The van der Waals surface area contributed by atoms with E-state index in [9.17, 15) is 45.6 Å². The summed E-state index contributed by atoms with van der Waals surface area (Å²) in [5, 5.41) is 86.4. The number of nitrogens with one attached hydrogen (secondary N) is 1. The number of ether oxygens (including phenoxy) is 4. The fraction of sp³-hybridized carbons (Fsp3) is 0.933. The Balaban J connectivity index is 1.80. The summed E-state index contributed by atoms with van der Waals surface area (Å²) in [5.41, 5.74) is 0. The smallest absolute Gasteiger partial charge is 0.220 e. The fourth-order valence-electron chi connectivity index (χ4n) is 7.82. The first-order chi connectivity index (χ1) is 28.6. The van der Waals surface area contributed by atoms with Crippen LogP contribution in [0.15, 0.2) is 12.2 Å². The summed E-state index contributed by atoms with van der Waals surface area (Å²) >= 11 is 0. The molecule has 0 aromatic carbocycles. The summed E-state index contributed by atoms with van der Waals surface area (Å²) in [6.07, 6.45) is 15.3. The van der Waals surface area contributed by atoms with Crippen molar-refractivity contribution < 1.29 is 64.6 Å². The van der Waals surface area contributed by atoms with Gasteiger partial charge in [-0.15, -0.1) is 0 Å². The molecule has 0 saturated carbocycles. The van der Waals surface area contributed by atoms with Crippen molar-refractivity contribution in [1.29, 1.82) is 0 Å². The first kappa shape index (κ1) is 53.9. The highest BCUT2D eigenvalue weighted by Crippen LogP contribution is 2.30. The first-order valence-electron chi connectivity index (χ1n) is 23.4. The van der Waals surface area contributed by atoms with Crippen molar-refractivity contribution in [1.82, 2.24) is 5.32 Å². The molecule has 0 bridgehead atoms. The lowest BCUT2D eigenvalue weighted by Crippen LogP contribution is -2.65. The number of allylic oxidation sites excluding steroid dienone is 2. The third kappa shape index (κ3) is 21.6. The Bertz CT molecular complexity index is 1050. The van der Waals surface area contributed by atoms with Crippen molar-refractivity contribution in [3.8, 4) is 0 Å². The molecule has 2 heterocycles. The van der Waals surface area contributed by atoms with Crippen LogP contribution in [-0.4, -0.2) is 140 Å². The maximum atomic E-state index is 13.1. The summed E-state index contributed by atoms with van der Waals surface area (Å²) in [7, 11) is 0. The SMILES string of the molecule is CCCCCCCCC/C=C\CCCCCCCCCC(=O)NC(COC1OC(CO)C(OC2OC(CO)C(O)C(O)C2O)C(O)C1O)C(O)CCCCCCCCC. The van der Waals surface area contributed by atoms with Crippen molar-refractivity contribution in [2.24, 2.45) is 0 Å². The van der Waals surface area contributed by atoms with E-state index >= 15 is 0 Å². The molecule has 59 heavy (non-hydrogen) atoms. The Hall–Kier alpha value is -1.27. The lowest BCUT2D eigenvalue weighted by atomic mass is 9.97. The Morgan fingerprint density at radius 2 is 1.07 bits per heavy atom. The van der Waals surface area contributed by atoms with Crippen LogP contribution in [0.4, 0.5) is 0 Å². The summed E-state index contributed by atoms with van der Waals surface area (Å²) in [4.78, 5) is 13.1. The zero-order valence-electron chi connectivity index (χ0n) is 36.5. The highest BCUT2D eigenvalue weighted by molar-refractivity contribution is 5.76. The summed E-state index contributed by atoms with van der Waals surface area (Å²) < 4.78 is 22.6. The third-order valence-corrected chi connectivity index (χ3v) is 11.7. The number of aliphatic hydroxyl groups excluding tert-OH is 8. The zero-order valence-corrected chi connectivity index (χ0v) is 36.5. The van der Waals surface area contributed by atoms with Crippen LogP contribution in [0, 0.1) is 0 Å². The van der Waals surface area contributed by atoms with Gasteiger partial charge in [0.05, 0.1) is 32.0 Å². The molecule has 12 atom stereocenters. The standard InChI is InChI=1S/C45H85NO13/c1-3-5-7-9-11-12-13-14-15-16-17-18-19-20-21-23-25-27-29-37(50)46-33(34(49)28-26-24-22-10-8-6-4-2)32-56-44-42(55)40(53)43(36(31-48)58-44)59-45-41(54)39(52)38(51)35(30-47)57-45/h15-16,33-36,38-45,47-49,51-55H,3-14,17-32H2,1-2H3,(H,46,50)/b16-15-. The highest BCUT2D eigenvalue weighted by Gasteiger charge is 2.51. The molecule has 14 heteroatoms. The molecule has 0 aromatic rings. The maximum Gasteiger partial charge on any atom is 0.220 e. The second-order valence-electron chi connectivity index (χ2n) is 16.9. The molecule has 2 rings (SSSR count). The largest absolute Gasteiger partial charge is 0.394 e. The summed E-state index contributed by atoms with van der Waals surface area (Å²) in [6, 6.07) is -0.823. The molecule has 2 saturated heterocycles. The molecule has 0 aliphatic carbocycles. The molecule has 1 amide bonds. The van der Waals surface area contributed by atoms with E-state index in [1.807, 2.05) is 0 Å². The highest BCUT2D eigenvalue weighted by atomic mass is 16.7. The molecule has 2 fully saturated rings. The number of aliphatic hydroxyl groups is 8. The van der Waals surface area contributed by atoms with Gasteiger partial charge in [-0.3, -0.25) is 4.79 Å². The van der Waals surface area contributed by atoms with Gasteiger partial charge in [0.15, 0.2) is 12.6 Å². The van der Waals surface area contributed by atoms with E-state index in [0.717, 1.165) is 57.8 Å². The van der Waals surface area contributed by atoms with E-state index in [1.54, 1.807) is 0 Å². The number of hydrogen-bond donors (Lipinski definition) is 9. The van der Waals surface area contributed by atoms with Gasteiger partial charge in [0.2, 0.25) is 5.91 Å². The molecule has 2 aliphatic heterocycles. The molecule has 0 radical (unpaired) electrons. The number of unbranched alkanes of at least 4 members (excludes halogenated alkanes) is 20. The molecule has 2 aliphatic rings. The van der Waals surface area contributed by atoms with E-state index in [2.05, 4.69) is 31.3 Å². The zero-order chi connectivity index (χ0) is 43.3. The average Bonchev–Trinajstić information content (AvgIpc) is 3.23. The Kier molecular flexibility index (Phi) is 30.4. The lowest BCUT2D eigenvalue weighted by molar-refractivity contribution is -0.359. The monoisotopic (exact) mass is 848 g/mol. The summed E-state index contributed by atoms with van der Waals surface area (Å²) in [6.45, 7) is 2.78. The van der Waals surface area contributed by atoms with Crippen LogP contribution in [0.2, 0.25) is 0 Å². The van der Waals surface area contributed by atoms with Gasteiger partial charge in [-0.25, -0.2) is 0 Å². The molecule has 12 unspecified atom stereocenters. The number of hydrogen-bond acceptors (Lipinski definition) is 13. The lowest BCUT2D eigenvalue weighted by Gasteiger charge is -2.46. The average molecular weight is 848 g/mol. The Labute approximate surface area is 355 Å². The van der Waals surface area contributed by atoms with Crippen molar-refractivity contribution in [3.63, 3.8) is 0 Å². The molecule has 348 valence electrons. The number of carbonyl (C=O) groups is 1. The minimum Gasteiger partial charge on any atom is -0.394 e. The quantitative estimate of drug-likeness (QED) is 0.0308. The van der Waals surface area contributed by atoms with Crippen LogP contribution in [-0.2, 0) is 23.7 Å². The first-order valence-corrected chi connectivity index (χ1v) is 23.4. The maximum absolute atomic E-state index is 13.1. The minimum absolute atomic E-state index is 0.216. The van der Waals surface area contributed by atoms with E-state index in [1.165, 1.54) is 89.9 Å². The molecule has 9 N–H and O–H groups in total. The van der Waals surface area contributed by atoms with E-state index < -0.39 is 86.8 Å². The van der Waals surface area contributed by atoms with Gasteiger partial charge >= 0.3 is 0 Å². The van der Waals surface area contributed by atoms with Crippen LogP contribution in [0.1, 0.15) is 174 Å². The Morgan fingerprint density at radius 1 is 0.593 bits per heavy atom. The summed E-state index contributed by atoms with van der Waals surface area (Å²) in [5.74, 6) is -0.216. The van der Waals surface area contributed by atoms with Gasteiger partial charge < -0.3 is 65.1 Å². The van der Waals surface area contributed by atoms with Crippen molar-refractivity contribution in [3.05, 3.63) is 12.2 Å². The van der Waals surface area contributed by atoms with E-state index in [-0.39, 0.29) is 12.5 Å². The van der Waals surface area contributed by atoms with E-state index in [0.29, 0.717) is 12.8 Å². The van der Waals surface area contributed by atoms with Crippen LogP contribution in [0.25, 0.3) is 0 Å². The molecule has 0 spiro atoms. The fourth-order valence-corrected chi connectivity index (χ4v) is 7.82. The van der Waals surface area contributed by atoms with Crippen LogP contribution < -0.4 is 5.32 Å². The predicted octanol–water partition coefficient (Wildman–Crippen LogP) is 4.82. The van der Waals surface area contributed by atoms with Crippen molar-refractivity contribution in [2.75, 3.05) is 19.8 Å². The third-order valence-electron chi connectivity index (χ3n) is 11.7. The Morgan fingerprint density at radius 3 is 1.61 bits per heavy atom. The second-order valence-corrected chi connectivity index (χ2v) is 16.9. The van der Waals surface area contributed by atoms with Gasteiger partial charge in [0.25, 0.3) is 0 Å². The van der Waals surface area contributed by atoms with Crippen LogP contribution >= 0.6 is 0 Å². The minimum atomic E-state index is -1.78. The number of carbonyl (C=O) groups excluding carboxylic acids is 1. The predicted molar refractivity (Wildman–Crippen MR) is 226 cm³/mol. The molecule has 0 aromatic heterocycles. The van der Waals surface area contributed by atoms with Gasteiger partial charge in [0, 0.05) is 6.42 Å². The number of rotatable bonds is 35. The van der Waals surface area contributed by atoms with Gasteiger partial charge in [-0.1, -0.05) is 142 Å². The van der Waals surface area contributed by atoms with Gasteiger partial charge in [-0.05, 0) is 38.5 Å². The molecule has 14 nitrogen and oxygen atoms in total. The van der Waals surface area contributed by atoms with Gasteiger partial charge in [-0.2, -0.15) is 0 Å². The van der Waals surface area contributed by atoms with Crippen LogP contribution in [0.5, 0.6) is 0 Å². The normalized spacial score (nSPS) is 28.6. The van der Waals surface area contributed by atoms with Crippen molar-refractivity contribution in [2.45, 2.75) is 248 Å². The second kappa shape index (κ2) is 33.3. The topological polar surface area (TPSA) is 228 Å². The van der Waals surface area contributed by atoms with Gasteiger partial charge in [0.1, 0.15) is 48.8 Å².